The standard InChI is InChI=1S/C9H6F3N3/c10-9(11,12)6-2-1-5-4-14-15-8(13)7(5)3-6/h1-4H,(H2,13,15). The Morgan fingerprint density at radius 3 is 2.60 bits per heavy atom. The molecule has 78 valence electrons. The second kappa shape index (κ2) is 3.08. The molecule has 0 atom stereocenters. The van der Waals surface area contributed by atoms with Crippen LogP contribution in [0.15, 0.2) is 24.4 Å². The van der Waals surface area contributed by atoms with E-state index < -0.39 is 11.7 Å². The van der Waals surface area contributed by atoms with Crippen LogP contribution in [-0.4, -0.2) is 10.2 Å². The molecule has 2 aromatic rings. The van der Waals surface area contributed by atoms with Gasteiger partial charge in [0.05, 0.1) is 11.8 Å². The Morgan fingerprint density at radius 1 is 1.20 bits per heavy atom. The summed E-state index contributed by atoms with van der Waals surface area (Å²) in [6.45, 7) is 0. The molecule has 0 spiro atoms. The maximum absolute atomic E-state index is 12.4. The number of halogens is 3. The molecule has 0 radical (unpaired) electrons. The molecular formula is C9H6F3N3. The second-order valence-corrected chi connectivity index (χ2v) is 3.03. The summed E-state index contributed by atoms with van der Waals surface area (Å²) >= 11 is 0. The molecule has 0 saturated heterocycles. The Morgan fingerprint density at radius 2 is 1.93 bits per heavy atom. The predicted octanol–water partition coefficient (Wildman–Crippen LogP) is 2.23. The van der Waals surface area contributed by atoms with Crippen LogP contribution in [0.5, 0.6) is 0 Å². The first-order valence-electron chi connectivity index (χ1n) is 4.06. The van der Waals surface area contributed by atoms with Crippen LogP contribution in [0.1, 0.15) is 5.56 Å². The zero-order valence-electron chi connectivity index (χ0n) is 7.42. The van der Waals surface area contributed by atoms with Gasteiger partial charge in [-0.1, -0.05) is 6.07 Å². The van der Waals surface area contributed by atoms with E-state index in [4.69, 9.17) is 5.73 Å². The van der Waals surface area contributed by atoms with Gasteiger partial charge in [-0.2, -0.15) is 18.3 Å². The predicted molar refractivity (Wildman–Crippen MR) is 49.0 cm³/mol. The molecule has 0 unspecified atom stereocenters. The fourth-order valence-electron chi connectivity index (χ4n) is 1.27. The lowest BCUT2D eigenvalue weighted by Gasteiger charge is -2.07. The van der Waals surface area contributed by atoms with E-state index in [9.17, 15) is 13.2 Å². The van der Waals surface area contributed by atoms with E-state index in [1.807, 2.05) is 0 Å². The van der Waals surface area contributed by atoms with E-state index in [1.54, 1.807) is 0 Å². The van der Waals surface area contributed by atoms with Gasteiger partial charge in [0.25, 0.3) is 0 Å². The zero-order chi connectivity index (χ0) is 11.1. The summed E-state index contributed by atoms with van der Waals surface area (Å²) in [5, 5.41) is 7.84. The summed E-state index contributed by atoms with van der Waals surface area (Å²) in [6.07, 6.45) is -3.00. The molecule has 0 aliphatic rings. The van der Waals surface area contributed by atoms with Crippen molar-refractivity contribution in [3.63, 3.8) is 0 Å². The van der Waals surface area contributed by atoms with E-state index >= 15 is 0 Å². The van der Waals surface area contributed by atoms with Gasteiger partial charge < -0.3 is 5.73 Å². The van der Waals surface area contributed by atoms with Gasteiger partial charge in [0.2, 0.25) is 0 Å². The van der Waals surface area contributed by atoms with E-state index in [-0.39, 0.29) is 11.2 Å². The van der Waals surface area contributed by atoms with Crippen LogP contribution >= 0.6 is 0 Å². The third-order valence-electron chi connectivity index (χ3n) is 2.02. The van der Waals surface area contributed by atoms with Crippen LogP contribution in [0.4, 0.5) is 19.0 Å². The van der Waals surface area contributed by atoms with Gasteiger partial charge >= 0.3 is 6.18 Å². The Bertz CT molecular complexity index is 507. The van der Waals surface area contributed by atoms with Crippen molar-refractivity contribution in [2.45, 2.75) is 6.18 Å². The molecule has 15 heavy (non-hydrogen) atoms. The molecule has 2 N–H and O–H groups in total. The highest BCUT2D eigenvalue weighted by molar-refractivity contribution is 5.90. The quantitative estimate of drug-likeness (QED) is 0.730. The number of nitrogens with zero attached hydrogens (tertiary/aromatic N) is 2. The molecule has 0 aliphatic heterocycles. The summed E-state index contributed by atoms with van der Waals surface area (Å²) in [7, 11) is 0. The molecule has 0 bridgehead atoms. The summed E-state index contributed by atoms with van der Waals surface area (Å²) < 4.78 is 37.1. The van der Waals surface area contributed by atoms with E-state index in [0.29, 0.717) is 5.39 Å². The Kier molecular flexibility index (Phi) is 1.99. The Hall–Kier alpha value is -1.85. The van der Waals surface area contributed by atoms with E-state index in [2.05, 4.69) is 10.2 Å². The summed E-state index contributed by atoms with van der Waals surface area (Å²) in [5.74, 6) is -0.00130. The van der Waals surface area contributed by atoms with Crippen LogP contribution in [-0.2, 0) is 6.18 Å². The number of fused-ring (bicyclic) bond motifs is 1. The maximum Gasteiger partial charge on any atom is 0.416 e. The number of aromatic nitrogens is 2. The molecule has 1 heterocycles. The normalized spacial score (nSPS) is 11.9. The monoisotopic (exact) mass is 213 g/mol. The molecular weight excluding hydrogens is 207 g/mol. The van der Waals surface area contributed by atoms with Crippen LogP contribution in [0.3, 0.4) is 0 Å². The molecule has 0 saturated carbocycles. The third-order valence-corrected chi connectivity index (χ3v) is 2.02. The number of rotatable bonds is 0. The number of hydrogen-bond donors (Lipinski definition) is 1. The topological polar surface area (TPSA) is 51.8 Å². The lowest BCUT2D eigenvalue weighted by Crippen LogP contribution is -2.05. The van der Waals surface area contributed by atoms with Crippen molar-refractivity contribution in [3.8, 4) is 0 Å². The molecule has 3 nitrogen and oxygen atoms in total. The Labute approximate surface area is 82.7 Å². The average molecular weight is 213 g/mol. The third kappa shape index (κ3) is 1.70. The molecule has 1 aromatic heterocycles. The lowest BCUT2D eigenvalue weighted by atomic mass is 10.1. The van der Waals surface area contributed by atoms with Crippen molar-refractivity contribution < 1.29 is 13.2 Å². The highest BCUT2D eigenvalue weighted by Gasteiger charge is 2.30. The summed E-state index contributed by atoms with van der Waals surface area (Å²) in [5.41, 5.74) is 4.69. The minimum Gasteiger partial charge on any atom is -0.382 e. The largest absolute Gasteiger partial charge is 0.416 e. The number of alkyl halides is 3. The highest BCUT2D eigenvalue weighted by atomic mass is 19.4. The molecule has 0 amide bonds. The minimum absolute atomic E-state index is 0.00130. The molecule has 1 aromatic carbocycles. The van der Waals surface area contributed by atoms with Crippen LogP contribution < -0.4 is 5.73 Å². The number of anilines is 1. The average Bonchev–Trinajstić information content (AvgIpc) is 2.16. The van der Waals surface area contributed by atoms with Gasteiger partial charge in [-0.15, -0.1) is 5.10 Å². The van der Waals surface area contributed by atoms with Crippen LogP contribution in [0, 0.1) is 0 Å². The van der Waals surface area contributed by atoms with Crippen molar-refractivity contribution in [3.05, 3.63) is 30.0 Å². The summed E-state index contributed by atoms with van der Waals surface area (Å²) in [4.78, 5) is 0. The Balaban J connectivity index is 2.70. The first-order valence-corrected chi connectivity index (χ1v) is 4.06. The molecule has 6 heteroatoms. The number of nitrogen functional groups attached to an aromatic ring is 1. The molecule has 0 fully saturated rings. The first kappa shape index (κ1) is 9.70. The van der Waals surface area contributed by atoms with E-state index in [1.165, 1.54) is 12.3 Å². The van der Waals surface area contributed by atoms with Crippen LogP contribution in [0.25, 0.3) is 10.8 Å². The van der Waals surface area contributed by atoms with Gasteiger partial charge in [0.15, 0.2) is 5.82 Å². The SMILES string of the molecule is Nc1nncc2ccc(C(F)(F)F)cc12. The molecule has 2 rings (SSSR count). The first-order chi connectivity index (χ1) is 6.98. The van der Waals surface area contributed by atoms with Gasteiger partial charge in [-0.3, -0.25) is 0 Å². The number of benzene rings is 1. The molecule has 0 aliphatic carbocycles. The number of hydrogen-bond acceptors (Lipinski definition) is 3. The van der Waals surface area contributed by atoms with Gasteiger partial charge in [0.1, 0.15) is 0 Å². The second-order valence-electron chi connectivity index (χ2n) is 3.03. The van der Waals surface area contributed by atoms with Gasteiger partial charge in [0, 0.05) is 10.8 Å². The number of nitrogens with two attached hydrogens (primary N) is 1. The van der Waals surface area contributed by atoms with E-state index in [0.717, 1.165) is 12.1 Å². The fourth-order valence-corrected chi connectivity index (χ4v) is 1.27. The smallest absolute Gasteiger partial charge is 0.382 e. The zero-order valence-corrected chi connectivity index (χ0v) is 7.42. The van der Waals surface area contributed by atoms with Crippen molar-refractivity contribution in [1.82, 2.24) is 10.2 Å². The van der Waals surface area contributed by atoms with Crippen molar-refractivity contribution in [2.75, 3.05) is 5.73 Å². The minimum atomic E-state index is -4.37. The van der Waals surface area contributed by atoms with Crippen LogP contribution in [0.2, 0.25) is 0 Å². The highest BCUT2D eigenvalue weighted by Crippen LogP contribution is 2.32. The van der Waals surface area contributed by atoms with Crippen molar-refractivity contribution >= 4 is 16.6 Å². The van der Waals surface area contributed by atoms with Crippen molar-refractivity contribution in [1.29, 1.82) is 0 Å². The van der Waals surface area contributed by atoms with Gasteiger partial charge in [-0.05, 0) is 12.1 Å². The lowest BCUT2D eigenvalue weighted by molar-refractivity contribution is -0.137. The van der Waals surface area contributed by atoms with Gasteiger partial charge in [-0.25, -0.2) is 0 Å². The summed E-state index contributed by atoms with van der Waals surface area (Å²) in [6, 6.07) is 3.28. The van der Waals surface area contributed by atoms with Crippen molar-refractivity contribution in [2.24, 2.45) is 0 Å². The maximum atomic E-state index is 12.4. The fraction of sp³-hybridized carbons (Fsp3) is 0.111.